The fourth-order valence-electron chi connectivity index (χ4n) is 2.43. The molecule has 0 saturated carbocycles. The number of fused-ring (bicyclic) bond motifs is 1. The van der Waals surface area contributed by atoms with Gasteiger partial charge in [0.05, 0.1) is 26.1 Å². The smallest absolute Gasteiger partial charge is 0.250 e. The Bertz CT molecular complexity index is 899. The van der Waals surface area contributed by atoms with Crippen molar-refractivity contribution in [3.63, 3.8) is 0 Å². The van der Waals surface area contributed by atoms with Crippen LogP contribution in [0.15, 0.2) is 22.7 Å². The Labute approximate surface area is 146 Å². The van der Waals surface area contributed by atoms with Gasteiger partial charge in [-0.05, 0) is 61.3 Å². The maximum atomic E-state index is 12.5. The minimum atomic E-state index is -0.409. The zero-order valence-electron chi connectivity index (χ0n) is 13.3. The third kappa shape index (κ3) is 3.03. The van der Waals surface area contributed by atoms with Gasteiger partial charge in [0.2, 0.25) is 0 Å². The summed E-state index contributed by atoms with van der Waals surface area (Å²) in [4.78, 5) is 17.0. The topological polar surface area (TPSA) is 59.8 Å². The maximum Gasteiger partial charge on any atom is 0.250 e. The molecule has 0 bridgehead atoms. The molecule has 7 heteroatoms. The van der Waals surface area contributed by atoms with E-state index in [4.69, 9.17) is 0 Å². The molecule has 0 aliphatic rings. The van der Waals surface area contributed by atoms with E-state index in [9.17, 15) is 4.79 Å². The molecule has 23 heavy (non-hydrogen) atoms. The first-order chi connectivity index (χ1) is 10.9. The first-order valence-electron chi connectivity index (χ1n) is 7.26. The van der Waals surface area contributed by atoms with Gasteiger partial charge in [-0.3, -0.25) is 9.48 Å². The Morgan fingerprint density at radius 2 is 2.09 bits per heavy atom. The van der Waals surface area contributed by atoms with Crippen LogP contribution in [-0.2, 0) is 4.79 Å². The van der Waals surface area contributed by atoms with Crippen molar-refractivity contribution in [3.8, 4) is 0 Å². The molecule has 3 rings (SSSR count). The van der Waals surface area contributed by atoms with Gasteiger partial charge in [-0.25, -0.2) is 4.98 Å². The molecular weight excluding hydrogens is 376 g/mol. The summed E-state index contributed by atoms with van der Waals surface area (Å²) in [5.41, 5.74) is 3.89. The van der Waals surface area contributed by atoms with Crippen molar-refractivity contribution in [1.29, 1.82) is 0 Å². The molecule has 1 unspecified atom stereocenters. The number of aryl methyl sites for hydroxylation is 2. The standard InChI is InChI=1S/C16H17BrN4OS/c1-8-5-6-12-13(7-8)23-16(18-12)19-15(22)11(4)21-10(3)14(17)9(2)20-21/h5-7,11H,1-4H3,(H,18,19,22). The van der Waals surface area contributed by atoms with E-state index < -0.39 is 6.04 Å². The van der Waals surface area contributed by atoms with Gasteiger partial charge in [0.15, 0.2) is 5.13 Å². The lowest BCUT2D eigenvalue weighted by atomic mass is 10.2. The predicted octanol–water partition coefficient (Wildman–Crippen LogP) is 4.38. The number of amides is 1. The second kappa shape index (κ2) is 6.05. The highest BCUT2D eigenvalue weighted by Gasteiger charge is 2.21. The van der Waals surface area contributed by atoms with Gasteiger partial charge in [0.25, 0.3) is 5.91 Å². The van der Waals surface area contributed by atoms with Crippen molar-refractivity contribution in [3.05, 3.63) is 39.6 Å². The number of hydrogen-bond acceptors (Lipinski definition) is 4. The highest BCUT2D eigenvalue weighted by molar-refractivity contribution is 9.10. The van der Waals surface area contributed by atoms with E-state index in [1.807, 2.05) is 39.8 Å². The number of nitrogens with zero attached hydrogens (tertiary/aromatic N) is 3. The first-order valence-corrected chi connectivity index (χ1v) is 8.87. The van der Waals surface area contributed by atoms with Gasteiger partial charge in [0.1, 0.15) is 6.04 Å². The minimum absolute atomic E-state index is 0.126. The number of nitrogens with one attached hydrogen (secondary N) is 1. The summed E-state index contributed by atoms with van der Waals surface area (Å²) in [5.74, 6) is -0.126. The summed E-state index contributed by atoms with van der Waals surface area (Å²) in [6, 6.07) is 5.65. The lowest BCUT2D eigenvalue weighted by molar-refractivity contribution is -0.119. The molecule has 5 nitrogen and oxygen atoms in total. The van der Waals surface area contributed by atoms with Gasteiger partial charge >= 0.3 is 0 Å². The fraction of sp³-hybridized carbons (Fsp3) is 0.312. The van der Waals surface area contributed by atoms with Crippen LogP contribution in [0.25, 0.3) is 10.2 Å². The first kappa shape index (κ1) is 16.1. The zero-order chi connectivity index (χ0) is 16.7. The number of carbonyl (C=O) groups is 1. The summed E-state index contributed by atoms with van der Waals surface area (Å²) in [5, 5.41) is 7.93. The number of rotatable bonds is 3. The predicted molar refractivity (Wildman–Crippen MR) is 97.1 cm³/mol. The third-order valence-electron chi connectivity index (χ3n) is 3.76. The van der Waals surface area contributed by atoms with Gasteiger partial charge in [-0.15, -0.1) is 0 Å². The van der Waals surface area contributed by atoms with E-state index in [1.54, 1.807) is 4.68 Å². The highest BCUT2D eigenvalue weighted by Crippen LogP contribution is 2.28. The van der Waals surface area contributed by atoms with E-state index in [1.165, 1.54) is 16.9 Å². The maximum absolute atomic E-state index is 12.5. The van der Waals surface area contributed by atoms with E-state index >= 15 is 0 Å². The Balaban J connectivity index is 1.83. The summed E-state index contributed by atoms with van der Waals surface area (Å²) in [6.45, 7) is 7.72. The molecule has 1 aromatic carbocycles. The molecule has 0 aliphatic heterocycles. The lowest BCUT2D eigenvalue weighted by Gasteiger charge is -2.13. The van der Waals surface area contributed by atoms with Crippen LogP contribution in [-0.4, -0.2) is 20.7 Å². The second-order valence-electron chi connectivity index (χ2n) is 5.58. The third-order valence-corrected chi connectivity index (χ3v) is 5.84. The molecule has 0 aliphatic carbocycles. The van der Waals surface area contributed by atoms with Crippen molar-refractivity contribution in [1.82, 2.24) is 14.8 Å². The summed E-state index contributed by atoms with van der Waals surface area (Å²) in [6.07, 6.45) is 0. The molecule has 0 saturated heterocycles. The van der Waals surface area contributed by atoms with Crippen molar-refractivity contribution < 1.29 is 4.79 Å². The average molecular weight is 393 g/mol. The van der Waals surface area contributed by atoms with Crippen molar-refractivity contribution in [2.24, 2.45) is 0 Å². The van der Waals surface area contributed by atoms with Crippen molar-refractivity contribution in [2.75, 3.05) is 5.32 Å². The van der Waals surface area contributed by atoms with Crippen molar-refractivity contribution >= 4 is 48.5 Å². The number of aromatic nitrogens is 3. The number of hydrogen-bond donors (Lipinski definition) is 1. The summed E-state index contributed by atoms with van der Waals surface area (Å²) < 4.78 is 3.74. The van der Waals surface area contributed by atoms with Gasteiger partial charge < -0.3 is 5.32 Å². The average Bonchev–Trinajstić information content (AvgIpc) is 3.01. The second-order valence-corrected chi connectivity index (χ2v) is 7.41. The Morgan fingerprint density at radius 1 is 1.35 bits per heavy atom. The van der Waals surface area contributed by atoms with Crippen LogP contribution in [0.2, 0.25) is 0 Å². The number of benzene rings is 1. The molecule has 0 fully saturated rings. The van der Waals surface area contributed by atoms with E-state index in [-0.39, 0.29) is 5.91 Å². The van der Waals surface area contributed by atoms with Crippen molar-refractivity contribution in [2.45, 2.75) is 33.7 Å². The molecule has 120 valence electrons. The van der Waals surface area contributed by atoms with Crippen LogP contribution in [0.1, 0.15) is 29.9 Å². The Hall–Kier alpha value is -1.73. The van der Waals surface area contributed by atoms with Crippen LogP contribution < -0.4 is 5.32 Å². The van der Waals surface area contributed by atoms with Gasteiger partial charge in [-0.2, -0.15) is 5.10 Å². The molecule has 0 radical (unpaired) electrons. The van der Waals surface area contributed by atoms with E-state index in [0.29, 0.717) is 5.13 Å². The SMILES string of the molecule is Cc1ccc2nc(NC(=O)C(C)n3nc(C)c(Br)c3C)sc2c1. The molecule has 3 aromatic rings. The molecular formula is C16H17BrN4OS. The molecule has 1 atom stereocenters. The highest BCUT2D eigenvalue weighted by atomic mass is 79.9. The van der Waals surface area contributed by atoms with Crippen LogP contribution in [0.5, 0.6) is 0 Å². The molecule has 2 aromatic heterocycles. The van der Waals surface area contributed by atoms with Gasteiger partial charge in [0, 0.05) is 0 Å². The number of carbonyl (C=O) groups excluding carboxylic acids is 1. The van der Waals surface area contributed by atoms with Gasteiger partial charge in [-0.1, -0.05) is 17.4 Å². The molecule has 1 N–H and O–H groups in total. The molecule has 1 amide bonds. The Morgan fingerprint density at radius 3 is 2.74 bits per heavy atom. The van der Waals surface area contributed by atoms with Crippen LogP contribution in [0.3, 0.4) is 0 Å². The fourth-order valence-corrected chi connectivity index (χ4v) is 3.65. The normalized spacial score (nSPS) is 12.6. The molecule has 0 spiro atoms. The van der Waals surface area contributed by atoms with Crippen LogP contribution in [0.4, 0.5) is 5.13 Å². The van der Waals surface area contributed by atoms with E-state index in [2.05, 4.69) is 37.4 Å². The minimum Gasteiger partial charge on any atom is -0.300 e. The summed E-state index contributed by atoms with van der Waals surface area (Å²) in [7, 11) is 0. The van der Waals surface area contributed by atoms with Crippen LogP contribution in [0, 0.1) is 20.8 Å². The largest absolute Gasteiger partial charge is 0.300 e. The molecule has 2 heterocycles. The number of thiazole rings is 1. The Kier molecular flexibility index (Phi) is 4.25. The monoisotopic (exact) mass is 392 g/mol. The summed E-state index contributed by atoms with van der Waals surface area (Å²) >= 11 is 4.97. The lowest BCUT2D eigenvalue weighted by Crippen LogP contribution is -2.25. The zero-order valence-corrected chi connectivity index (χ0v) is 15.7. The quantitative estimate of drug-likeness (QED) is 0.719. The number of halogens is 1. The van der Waals surface area contributed by atoms with E-state index in [0.717, 1.165) is 26.1 Å². The number of anilines is 1. The van der Waals surface area contributed by atoms with Crippen LogP contribution >= 0.6 is 27.3 Å².